The predicted octanol–water partition coefficient (Wildman–Crippen LogP) is 1.91. The molecule has 0 aromatic rings. The molecular formula is C17H33N3O4. The molecule has 1 atom stereocenters. The lowest BCUT2D eigenvalue weighted by atomic mass is 10.0. The first-order valence-electron chi connectivity index (χ1n) is 8.50. The van der Waals surface area contributed by atoms with Crippen LogP contribution in [0.2, 0.25) is 0 Å². The van der Waals surface area contributed by atoms with Crippen LogP contribution in [0.25, 0.3) is 0 Å². The zero-order valence-corrected chi connectivity index (χ0v) is 16.1. The van der Waals surface area contributed by atoms with Crippen molar-refractivity contribution in [3.05, 3.63) is 0 Å². The van der Waals surface area contributed by atoms with Gasteiger partial charge in [0.1, 0.15) is 5.60 Å². The van der Waals surface area contributed by atoms with E-state index in [4.69, 9.17) is 4.74 Å². The highest BCUT2D eigenvalue weighted by Gasteiger charge is 2.27. The van der Waals surface area contributed by atoms with Gasteiger partial charge >= 0.3 is 6.09 Å². The first-order valence-corrected chi connectivity index (χ1v) is 8.50. The Morgan fingerprint density at radius 3 is 2.17 bits per heavy atom. The summed E-state index contributed by atoms with van der Waals surface area (Å²) in [5.41, 5.74) is -0.679. The zero-order chi connectivity index (χ0) is 18.9. The lowest BCUT2D eigenvalue weighted by Gasteiger charge is -2.26. The van der Waals surface area contributed by atoms with Crippen LogP contribution in [0.15, 0.2) is 0 Å². The number of rotatable bonds is 8. The number of hydrogen-bond donors (Lipinski definition) is 2. The zero-order valence-electron chi connectivity index (χ0n) is 16.1. The summed E-state index contributed by atoms with van der Waals surface area (Å²) in [7, 11) is 1.71. The van der Waals surface area contributed by atoms with Gasteiger partial charge in [-0.15, -0.1) is 0 Å². The Balaban J connectivity index is 4.72. The number of carbonyl (C=O) groups excluding carboxylic acids is 3. The molecule has 0 unspecified atom stereocenters. The van der Waals surface area contributed by atoms with Crippen molar-refractivity contribution in [1.82, 2.24) is 15.5 Å². The maximum Gasteiger partial charge on any atom is 0.417 e. The first kappa shape index (κ1) is 22.4. The van der Waals surface area contributed by atoms with Crippen LogP contribution in [-0.4, -0.2) is 54.6 Å². The molecule has 0 fully saturated rings. The standard InChI is InChI=1S/C17H33N3O4/c1-8-9-20(16(23)24-17(4,5)6)14(21)11-19-15(22)13(18-7)10-12(2)3/h12-13,18H,8-11H2,1-7H3,(H,19,22)/t13-/m0/s1. The summed E-state index contributed by atoms with van der Waals surface area (Å²) in [5, 5.41) is 5.53. The van der Waals surface area contributed by atoms with E-state index in [2.05, 4.69) is 10.6 Å². The van der Waals surface area contributed by atoms with E-state index in [-0.39, 0.29) is 25.0 Å². The fourth-order valence-electron chi connectivity index (χ4n) is 2.07. The number of likely N-dealkylation sites (N-methyl/N-ethyl adjacent to an activating group) is 1. The summed E-state index contributed by atoms with van der Waals surface area (Å²) in [6.07, 6.45) is 0.600. The molecular weight excluding hydrogens is 310 g/mol. The lowest BCUT2D eigenvalue weighted by Crippen LogP contribution is -2.49. The largest absolute Gasteiger partial charge is 0.443 e. The van der Waals surface area contributed by atoms with E-state index in [0.29, 0.717) is 18.8 Å². The number of nitrogens with one attached hydrogen (secondary N) is 2. The summed E-state index contributed by atoms with van der Waals surface area (Å²) >= 11 is 0. The second kappa shape index (κ2) is 10.3. The van der Waals surface area contributed by atoms with Crippen molar-refractivity contribution in [3.63, 3.8) is 0 Å². The predicted molar refractivity (Wildman–Crippen MR) is 93.6 cm³/mol. The molecule has 0 saturated heterocycles. The Bertz CT molecular complexity index is 430. The van der Waals surface area contributed by atoms with Gasteiger partial charge in [-0.1, -0.05) is 20.8 Å². The molecule has 0 aliphatic carbocycles. The molecule has 0 heterocycles. The van der Waals surface area contributed by atoms with Crippen molar-refractivity contribution in [1.29, 1.82) is 0 Å². The highest BCUT2D eigenvalue weighted by molar-refractivity contribution is 5.95. The van der Waals surface area contributed by atoms with Gasteiger partial charge in [0.15, 0.2) is 0 Å². The molecule has 2 N–H and O–H groups in total. The minimum absolute atomic E-state index is 0.228. The molecule has 140 valence electrons. The molecule has 0 spiro atoms. The van der Waals surface area contributed by atoms with E-state index in [0.717, 1.165) is 4.90 Å². The summed E-state index contributed by atoms with van der Waals surface area (Å²) in [4.78, 5) is 37.6. The second-order valence-electron chi connectivity index (χ2n) is 7.21. The number of amides is 3. The van der Waals surface area contributed by atoms with Gasteiger partial charge in [0, 0.05) is 6.54 Å². The molecule has 7 heteroatoms. The van der Waals surface area contributed by atoms with E-state index in [1.165, 1.54) is 0 Å². The quantitative estimate of drug-likeness (QED) is 0.703. The minimum Gasteiger partial charge on any atom is -0.443 e. The summed E-state index contributed by atoms with van der Waals surface area (Å²) in [5.74, 6) is -0.374. The molecule has 0 aliphatic heterocycles. The number of carbonyl (C=O) groups is 3. The molecule has 0 rings (SSSR count). The van der Waals surface area contributed by atoms with Gasteiger partial charge in [0.2, 0.25) is 5.91 Å². The second-order valence-corrected chi connectivity index (χ2v) is 7.21. The molecule has 24 heavy (non-hydrogen) atoms. The van der Waals surface area contributed by atoms with Crippen LogP contribution in [0.5, 0.6) is 0 Å². The third-order valence-electron chi connectivity index (χ3n) is 3.15. The van der Waals surface area contributed by atoms with Crippen molar-refractivity contribution >= 4 is 17.9 Å². The Morgan fingerprint density at radius 1 is 1.17 bits per heavy atom. The topological polar surface area (TPSA) is 87.7 Å². The Kier molecular flexibility index (Phi) is 9.58. The van der Waals surface area contributed by atoms with Gasteiger partial charge in [0.25, 0.3) is 5.91 Å². The number of nitrogens with zero attached hydrogens (tertiary/aromatic N) is 1. The van der Waals surface area contributed by atoms with Crippen LogP contribution in [-0.2, 0) is 14.3 Å². The summed E-state index contributed by atoms with van der Waals surface area (Å²) in [6, 6.07) is -0.362. The van der Waals surface area contributed by atoms with Crippen LogP contribution in [0, 0.1) is 5.92 Å². The first-order chi connectivity index (χ1) is 11.0. The maximum atomic E-state index is 12.3. The van der Waals surface area contributed by atoms with Gasteiger partial charge < -0.3 is 15.4 Å². The smallest absolute Gasteiger partial charge is 0.417 e. The van der Waals surface area contributed by atoms with E-state index < -0.39 is 17.6 Å². The molecule has 0 bridgehead atoms. The van der Waals surface area contributed by atoms with Crippen LogP contribution in [0.3, 0.4) is 0 Å². The van der Waals surface area contributed by atoms with Crippen molar-refractivity contribution in [2.75, 3.05) is 20.1 Å². The van der Waals surface area contributed by atoms with Gasteiger partial charge in [0.05, 0.1) is 12.6 Å². The minimum atomic E-state index is -0.684. The van der Waals surface area contributed by atoms with Gasteiger partial charge in [-0.2, -0.15) is 0 Å². The van der Waals surface area contributed by atoms with Crippen LogP contribution in [0.4, 0.5) is 4.79 Å². The number of ether oxygens (including phenoxy) is 1. The van der Waals surface area contributed by atoms with Crippen molar-refractivity contribution in [2.24, 2.45) is 5.92 Å². The molecule has 0 aliphatic rings. The fraction of sp³-hybridized carbons (Fsp3) is 0.824. The third-order valence-corrected chi connectivity index (χ3v) is 3.15. The van der Waals surface area contributed by atoms with Crippen molar-refractivity contribution in [3.8, 4) is 0 Å². The molecule has 7 nitrogen and oxygen atoms in total. The van der Waals surface area contributed by atoms with Crippen LogP contribution < -0.4 is 10.6 Å². The summed E-state index contributed by atoms with van der Waals surface area (Å²) in [6.45, 7) is 11.2. The Labute approximate surface area is 145 Å². The van der Waals surface area contributed by atoms with Gasteiger partial charge in [-0.05, 0) is 46.6 Å². The van der Waals surface area contributed by atoms with E-state index in [9.17, 15) is 14.4 Å². The van der Waals surface area contributed by atoms with E-state index >= 15 is 0 Å². The average Bonchev–Trinajstić information content (AvgIpc) is 2.45. The molecule has 0 aromatic carbocycles. The molecule has 0 aromatic heterocycles. The van der Waals surface area contributed by atoms with Crippen molar-refractivity contribution in [2.45, 2.75) is 66.0 Å². The van der Waals surface area contributed by atoms with Crippen molar-refractivity contribution < 1.29 is 19.1 Å². The number of hydrogen-bond acceptors (Lipinski definition) is 5. The highest BCUT2D eigenvalue weighted by Crippen LogP contribution is 2.10. The Morgan fingerprint density at radius 2 is 1.75 bits per heavy atom. The third kappa shape index (κ3) is 8.86. The SMILES string of the molecule is CCCN(C(=O)CNC(=O)[C@H](CC(C)C)NC)C(=O)OC(C)(C)C. The van der Waals surface area contributed by atoms with Gasteiger partial charge in [-0.3, -0.25) is 9.59 Å². The average molecular weight is 343 g/mol. The van der Waals surface area contributed by atoms with Crippen LogP contribution >= 0.6 is 0 Å². The molecule has 0 radical (unpaired) electrons. The van der Waals surface area contributed by atoms with E-state index in [1.807, 2.05) is 20.8 Å². The van der Waals surface area contributed by atoms with Crippen LogP contribution in [0.1, 0.15) is 54.4 Å². The van der Waals surface area contributed by atoms with E-state index in [1.54, 1.807) is 27.8 Å². The highest BCUT2D eigenvalue weighted by atomic mass is 16.6. The molecule has 0 saturated carbocycles. The molecule has 3 amide bonds. The number of imide groups is 1. The maximum absolute atomic E-state index is 12.3. The lowest BCUT2D eigenvalue weighted by molar-refractivity contribution is -0.132. The normalized spacial score (nSPS) is 12.7. The monoisotopic (exact) mass is 343 g/mol. The Hall–Kier alpha value is -1.63. The van der Waals surface area contributed by atoms with Gasteiger partial charge in [-0.25, -0.2) is 9.69 Å². The fourth-order valence-corrected chi connectivity index (χ4v) is 2.07. The summed E-state index contributed by atoms with van der Waals surface area (Å²) < 4.78 is 5.24.